The molecule has 0 radical (unpaired) electrons. The van der Waals surface area contributed by atoms with Gasteiger partial charge >= 0.3 is 0 Å². The van der Waals surface area contributed by atoms with Gasteiger partial charge in [0.1, 0.15) is 0 Å². The Kier molecular flexibility index (Phi) is 5.15. The van der Waals surface area contributed by atoms with Crippen LogP contribution in [0.15, 0.2) is 18.2 Å². The molecule has 0 fully saturated rings. The van der Waals surface area contributed by atoms with Gasteiger partial charge in [0.15, 0.2) is 16.7 Å². The molecule has 0 saturated carbocycles. The third-order valence-corrected chi connectivity index (χ3v) is 2.34. The molecule has 1 rings (SSSR count). The van der Waals surface area contributed by atoms with Crippen LogP contribution in [0.3, 0.4) is 0 Å². The first-order chi connectivity index (χ1) is 8.04. The van der Waals surface area contributed by atoms with Crippen molar-refractivity contribution in [2.75, 3.05) is 5.32 Å². The van der Waals surface area contributed by atoms with E-state index < -0.39 is 5.82 Å². The Morgan fingerprint density at radius 1 is 1.59 bits per heavy atom. The van der Waals surface area contributed by atoms with Gasteiger partial charge in [0, 0.05) is 0 Å². The monoisotopic (exact) mass is 256 g/mol. The van der Waals surface area contributed by atoms with E-state index in [1.807, 2.05) is 6.92 Å². The van der Waals surface area contributed by atoms with Gasteiger partial charge in [-0.05, 0) is 37.7 Å². The number of halogens is 1. The summed E-state index contributed by atoms with van der Waals surface area (Å²) in [7, 11) is 0. The van der Waals surface area contributed by atoms with E-state index in [0.29, 0.717) is 5.69 Å². The predicted octanol–water partition coefficient (Wildman–Crippen LogP) is 3.05. The van der Waals surface area contributed by atoms with E-state index >= 15 is 0 Å². The maximum atomic E-state index is 13.7. The topological polar surface area (TPSA) is 47.3 Å². The van der Waals surface area contributed by atoms with Crippen molar-refractivity contribution in [1.29, 1.82) is 0 Å². The molecule has 3 N–H and O–H groups in total. The van der Waals surface area contributed by atoms with Crippen LogP contribution < -0.4 is 15.8 Å². The summed E-state index contributed by atoms with van der Waals surface area (Å²) in [5, 5.41) is 2.79. The van der Waals surface area contributed by atoms with Crippen molar-refractivity contribution in [3.8, 4) is 5.75 Å². The number of nitrogens with one attached hydrogen (secondary N) is 1. The van der Waals surface area contributed by atoms with Crippen LogP contribution in [0, 0.1) is 5.82 Å². The highest BCUT2D eigenvalue weighted by Gasteiger charge is 2.13. The number of hydrogen-bond acceptors (Lipinski definition) is 2. The molecule has 0 aliphatic heterocycles. The summed E-state index contributed by atoms with van der Waals surface area (Å²) >= 11 is 4.73. The van der Waals surface area contributed by atoms with Crippen LogP contribution in [-0.2, 0) is 0 Å². The van der Waals surface area contributed by atoms with E-state index in [9.17, 15) is 4.39 Å². The number of hydrogen-bond donors (Lipinski definition) is 2. The Labute approximate surface area is 106 Å². The molecule has 1 unspecified atom stereocenters. The summed E-state index contributed by atoms with van der Waals surface area (Å²) in [4.78, 5) is 0. The molecule has 1 aromatic rings. The van der Waals surface area contributed by atoms with E-state index in [2.05, 4.69) is 12.2 Å². The average molecular weight is 256 g/mol. The molecule has 0 bridgehead atoms. The molecule has 0 aliphatic carbocycles. The van der Waals surface area contributed by atoms with Crippen molar-refractivity contribution in [2.24, 2.45) is 5.73 Å². The summed E-state index contributed by atoms with van der Waals surface area (Å²) < 4.78 is 19.2. The van der Waals surface area contributed by atoms with Crippen LogP contribution in [-0.4, -0.2) is 11.2 Å². The van der Waals surface area contributed by atoms with Gasteiger partial charge in [0.25, 0.3) is 0 Å². The van der Waals surface area contributed by atoms with Crippen molar-refractivity contribution >= 4 is 23.0 Å². The van der Waals surface area contributed by atoms with E-state index in [1.54, 1.807) is 12.1 Å². The Bertz CT molecular complexity index is 398. The fourth-order valence-corrected chi connectivity index (χ4v) is 1.64. The number of benzene rings is 1. The summed E-state index contributed by atoms with van der Waals surface area (Å²) in [6.07, 6.45) is 1.79. The molecular weight excluding hydrogens is 239 g/mol. The fraction of sp³-hybridized carbons (Fsp3) is 0.417. The highest BCUT2D eigenvalue weighted by atomic mass is 32.1. The predicted molar refractivity (Wildman–Crippen MR) is 71.8 cm³/mol. The normalized spacial score (nSPS) is 11.9. The second kappa shape index (κ2) is 6.39. The first-order valence-corrected chi connectivity index (χ1v) is 5.97. The lowest BCUT2D eigenvalue weighted by Gasteiger charge is -2.17. The van der Waals surface area contributed by atoms with Crippen LogP contribution in [0.1, 0.15) is 26.7 Å². The Balaban J connectivity index is 2.90. The minimum absolute atomic E-state index is 0.0520. The van der Waals surface area contributed by atoms with E-state index in [0.717, 1.165) is 12.8 Å². The molecule has 0 aromatic heterocycles. The molecule has 1 aromatic carbocycles. The third kappa shape index (κ3) is 4.19. The maximum Gasteiger partial charge on any atom is 0.178 e. The zero-order chi connectivity index (χ0) is 12.8. The minimum atomic E-state index is -0.422. The van der Waals surface area contributed by atoms with Gasteiger partial charge < -0.3 is 15.8 Å². The third-order valence-electron chi connectivity index (χ3n) is 2.24. The smallest absolute Gasteiger partial charge is 0.178 e. The molecule has 0 heterocycles. The van der Waals surface area contributed by atoms with Gasteiger partial charge in [-0.2, -0.15) is 0 Å². The van der Waals surface area contributed by atoms with Crippen LogP contribution in [0.2, 0.25) is 0 Å². The lowest BCUT2D eigenvalue weighted by Crippen LogP contribution is -2.21. The minimum Gasteiger partial charge on any atom is -0.485 e. The molecule has 0 saturated heterocycles. The lowest BCUT2D eigenvalue weighted by atomic mass is 10.2. The largest absolute Gasteiger partial charge is 0.485 e. The van der Waals surface area contributed by atoms with E-state index in [-0.39, 0.29) is 17.0 Å². The van der Waals surface area contributed by atoms with E-state index in [1.165, 1.54) is 6.07 Å². The van der Waals surface area contributed by atoms with Gasteiger partial charge in [-0.25, -0.2) is 4.39 Å². The van der Waals surface area contributed by atoms with Crippen LogP contribution in [0.5, 0.6) is 5.75 Å². The fourth-order valence-electron chi connectivity index (χ4n) is 1.53. The molecule has 17 heavy (non-hydrogen) atoms. The number of thiocarbonyl (C=S) groups is 1. The van der Waals surface area contributed by atoms with Crippen molar-refractivity contribution < 1.29 is 9.13 Å². The lowest BCUT2D eigenvalue weighted by molar-refractivity contribution is 0.202. The maximum absolute atomic E-state index is 13.7. The molecule has 0 aliphatic rings. The van der Waals surface area contributed by atoms with Crippen molar-refractivity contribution in [2.45, 2.75) is 32.8 Å². The Hall–Kier alpha value is -1.36. The first-order valence-electron chi connectivity index (χ1n) is 5.56. The second-order valence-electron chi connectivity index (χ2n) is 3.82. The molecule has 0 spiro atoms. The molecule has 3 nitrogen and oxygen atoms in total. The SMILES string of the molecule is CCCC(C)Oc1c(F)cccc1NC(N)=S. The zero-order valence-electron chi connectivity index (χ0n) is 10.00. The summed E-state index contributed by atoms with van der Waals surface area (Å²) in [5.41, 5.74) is 5.83. The quantitative estimate of drug-likeness (QED) is 0.795. The molecular formula is C12H17FN2OS. The van der Waals surface area contributed by atoms with Gasteiger partial charge in [0.05, 0.1) is 11.8 Å². The Morgan fingerprint density at radius 3 is 2.88 bits per heavy atom. The number of rotatable bonds is 5. The molecule has 94 valence electrons. The van der Waals surface area contributed by atoms with E-state index in [4.69, 9.17) is 22.7 Å². The summed E-state index contributed by atoms with van der Waals surface area (Å²) in [5.74, 6) is -0.254. The number of anilines is 1. The summed E-state index contributed by atoms with van der Waals surface area (Å²) in [6.45, 7) is 3.95. The highest BCUT2D eigenvalue weighted by Crippen LogP contribution is 2.29. The summed E-state index contributed by atoms with van der Waals surface area (Å²) in [6, 6.07) is 4.60. The Morgan fingerprint density at radius 2 is 2.29 bits per heavy atom. The average Bonchev–Trinajstić information content (AvgIpc) is 2.23. The van der Waals surface area contributed by atoms with Crippen molar-refractivity contribution in [3.63, 3.8) is 0 Å². The van der Waals surface area contributed by atoms with Gasteiger partial charge in [-0.3, -0.25) is 0 Å². The molecule has 5 heteroatoms. The van der Waals surface area contributed by atoms with Crippen molar-refractivity contribution in [3.05, 3.63) is 24.0 Å². The van der Waals surface area contributed by atoms with Gasteiger partial charge in [-0.1, -0.05) is 19.4 Å². The zero-order valence-corrected chi connectivity index (χ0v) is 10.8. The molecule has 1 atom stereocenters. The number of ether oxygens (including phenoxy) is 1. The number of nitrogens with two attached hydrogens (primary N) is 1. The van der Waals surface area contributed by atoms with Gasteiger partial charge in [-0.15, -0.1) is 0 Å². The van der Waals surface area contributed by atoms with Crippen LogP contribution >= 0.6 is 12.2 Å². The van der Waals surface area contributed by atoms with Crippen molar-refractivity contribution in [1.82, 2.24) is 0 Å². The van der Waals surface area contributed by atoms with Gasteiger partial charge in [0.2, 0.25) is 0 Å². The first kappa shape index (κ1) is 13.7. The van der Waals surface area contributed by atoms with Crippen LogP contribution in [0.25, 0.3) is 0 Å². The number of para-hydroxylation sites is 1. The van der Waals surface area contributed by atoms with Crippen LogP contribution in [0.4, 0.5) is 10.1 Å². The standard InChI is InChI=1S/C12H17FN2OS/c1-3-5-8(2)16-11-9(13)6-4-7-10(11)15-12(14)17/h4,6-8H,3,5H2,1-2H3,(H3,14,15,17). The molecule has 0 amide bonds. The second-order valence-corrected chi connectivity index (χ2v) is 4.26. The highest BCUT2D eigenvalue weighted by molar-refractivity contribution is 7.80.